The number of amides is 1. The van der Waals surface area contributed by atoms with E-state index >= 15 is 0 Å². The van der Waals surface area contributed by atoms with Crippen molar-refractivity contribution in [3.05, 3.63) is 38.0 Å². The van der Waals surface area contributed by atoms with Gasteiger partial charge < -0.3 is 5.32 Å². The van der Waals surface area contributed by atoms with Gasteiger partial charge in [-0.3, -0.25) is 9.69 Å². The van der Waals surface area contributed by atoms with Crippen LogP contribution in [0.5, 0.6) is 0 Å². The summed E-state index contributed by atoms with van der Waals surface area (Å²) >= 11 is 3.46. The number of thiophene rings is 1. The first-order valence-electron chi connectivity index (χ1n) is 7.45. The molecule has 1 aliphatic rings. The molecule has 2 aromatic heterocycles. The van der Waals surface area contributed by atoms with E-state index in [0.29, 0.717) is 0 Å². The standard InChI is InChI=1S/C16H21N3OS2/c1-11-4-7-21-14(11)8-19-6-5-16(10-19,18-13(3)20)15-17-12(2)9-22-15/h4,7,9H,5-6,8,10H2,1-3H3,(H,18,20). The van der Waals surface area contributed by atoms with E-state index in [2.05, 4.69) is 39.0 Å². The molecule has 1 unspecified atom stereocenters. The van der Waals surface area contributed by atoms with Gasteiger partial charge in [-0.05, 0) is 37.3 Å². The maximum absolute atomic E-state index is 11.7. The minimum Gasteiger partial charge on any atom is -0.343 e. The van der Waals surface area contributed by atoms with Crippen molar-refractivity contribution in [3.8, 4) is 0 Å². The lowest BCUT2D eigenvalue weighted by Crippen LogP contribution is -2.47. The van der Waals surface area contributed by atoms with E-state index in [0.717, 1.165) is 36.8 Å². The minimum atomic E-state index is -0.323. The number of aryl methyl sites for hydroxylation is 2. The molecule has 1 amide bonds. The summed E-state index contributed by atoms with van der Waals surface area (Å²) in [5.74, 6) is 0.0157. The third-order valence-electron chi connectivity index (χ3n) is 4.13. The molecule has 118 valence electrons. The van der Waals surface area contributed by atoms with Gasteiger partial charge in [0, 0.05) is 42.5 Å². The quantitative estimate of drug-likeness (QED) is 0.934. The van der Waals surface area contributed by atoms with E-state index in [1.807, 2.05) is 18.3 Å². The first-order valence-corrected chi connectivity index (χ1v) is 9.21. The molecule has 1 N–H and O–H groups in total. The summed E-state index contributed by atoms with van der Waals surface area (Å²) < 4.78 is 0. The summed E-state index contributed by atoms with van der Waals surface area (Å²) in [7, 11) is 0. The number of carbonyl (C=O) groups is 1. The summed E-state index contributed by atoms with van der Waals surface area (Å²) in [5, 5.41) is 8.42. The van der Waals surface area contributed by atoms with Crippen LogP contribution in [0.4, 0.5) is 0 Å². The molecule has 1 saturated heterocycles. The second-order valence-electron chi connectivity index (χ2n) is 6.04. The number of thiazole rings is 1. The number of nitrogens with one attached hydrogen (secondary N) is 1. The predicted molar refractivity (Wildman–Crippen MR) is 91.3 cm³/mol. The highest BCUT2D eigenvalue weighted by Crippen LogP contribution is 2.35. The molecule has 4 nitrogen and oxygen atoms in total. The highest BCUT2D eigenvalue weighted by atomic mass is 32.1. The SMILES string of the molecule is CC(=O)NC1(c2nc(C)cs2)CCN(Cc2sccc2C)C1. The molecule has 2 aromatic rings. The van der Waals surface area contributed by atoms with Crippen molar-refractivity contribution in [2.45, 2.75) is 39.3 Å². The van der Waals surface area contributed by atoms with Crippen molar-refractivity contribution in [2.75, 3.05) is 13.1 Å². The van der Waals surface area contributed by atoms with Crippen molar-refractivity contribution in [1.82, 2.24) is 15.2 Å². The molecule has 0 aromatic carbocycles. The Morgan fingerprint density at radius 1 is 1.45 bits per heavy atom. The molecular formula is C16H21N3OS2. The lowest BCUT2D eigenvalue weighted by atomic mass is 9.99. The van der Waals surface area contributed by atoms with Gasteiger partial charge >= 0.3 is 0 Å². The van der Waals surface area contributed by atoms with Crippen LogP contribution in [0.2, 0.25) is 0 Å². The molecule has 1 fully saturated rings. The van der Waals surface area contributed by atoms with Crippen LogP contribution in [0.25, 0.3) is 0 Å². The van der Waals surface area contributed by atoms with Gasteiger partial charge in [0.05, 0.1) is 0 Å². The van der Waals surface area contributed by atoms with Gasteiger partial charge in [0.15, 0.2) is 0 Å². The Bertz CT molecular complexity index is 678. The van der Waals surface area contributed by atoms with Crippen molar-refractivity contribution in [1.29, 1.82) is 0 Å². The zero-order chi connectivity index (χ0) is 15.7. The number of likely N-dealkylation sites (tertiary alicyclic amines) is 1. The van der Waals surface area contributed by atoms with Crippen LogP contribution in [0.1, 0.15) is 34.5 Å². The fourth-order valence-electron chi connectivity index (χ4n) is 3.03. The molecule has 0 aliphatic carbocycles. The van der Waals surface area contributed by atoms with Gasteiger partial charge in [-0.1, -0.05) is 0 Å². The van der Waals surface area contributed by atoms with Gasteiger partial charge in [0.2, 0.25) is 5.91 Å². The molecule has 6 heteroatoms. The number of rotatable bonds is 4. The number of aromatic nitrogens is 1. The normalized spacial score (nSPS) is 22.1. The van der Waals surface area contributed by atoms with Gasteiger partial charge in [-0.15, -0.1) is 22.7 Å². The molecule has 3 heterocycles. The van der Waals surface area contributed by atoms with Crippen LogP contribution in [-0.2, 0) is 16.9 Å². The molecule has 3 rings (SSSR count). The Morgan fingerprint density at radius 3 is 2.86 bits per heavy atom. The Balaban J connectivity index is 1.80. The Morgan fingerprint density at radius 2 is 2.27 bits per heavy atom. The van der Waals surface area contributed by atoms with E-state index in [1.165, 1.54) is 10.4 Å². The summed E-state index contributed by atoms with van der Waals surface area (Å²) in [6, 6.07) is 2.17. The van der Waals surface area contributed by atoms with E-state index in [4.69, 9.17) is 0 Å². The highest BCUT2D eigenvalue weighted by molar-refractivity contribution is 7.10. The Hall–Kier alpha value is -1.24. The Kier molecular flexibility index (Phi) is 4.34. The number of nitrogens with zero attached hydrogens (tertiary/aromatic N) is 2. The number of hydrogen-bond donors (Lipinski definition) is 1. The second kappa shape index (κ2) is 6.10. The van der Waals surface area contributed by atoms with Gasteiger partial charge in [0.1, 0.15) is 10.5 Å². The highest BCUT2D eigenvalue weighted by Gasteiger charge is 2.42. The van der Waals surface area contributed by atoms with Gasteiger partial charge in [-0.2, -0.15) is 0 Å². The zero-order valence-electron chi connectivity index (χ0n) is 13.2. The van der Waals surface area contributed by atoms with Crippen molar-refractivity contribution in [2.24, 2.45) is 0 Å². The maximum atomic E-state index is 11.7. The topological polar surface area (TPSA) is 45.2 Å². The second-order valence-corrected chi connectivity index (χ2v) is 7.90. The van der Waals surface area contributed by atoms with Crippen LogP contribution in [0.15, 0.2) is 16.8 Å². The first-order chi connectivity index (χ1) is 10.5. The smallest absolute Gasteiger partial charge is 0.217 e. The van der Waals surface area contributed by atoms with Crippen LogP contribution in [-0.4, -0.2) is 28.9 Å². The van der Waals surface area contributed by atoms with E-state index in [9.17, 15) is 4.79 Å². The summed E-state index contributed by atoms with van der Waals surface area (Å²) in [6.45, 7) is 8.52. The maximum Gasteiger partial charge on any atom is 0.217 e. The monoisotopic (exact) mass is 335 g/mol. The molecule has 1 aliphatic heterocycles. The fourth-order valence-corrected chi connectivity index (χ4v) is 4.96. The lowest BCUT2D eigenvalue weighted by molar-refractivity contribution is -0.120. The van der Waals surface area contributed by atoms with Crippen LogP contribution < -0.4 is 5.32 Å². The molecule has 1 atom stereocenters. The minimum absolute atomic E-state index is 0.0157. The third-order valence-corrected chi connectivity index (χ3v) is 6.30. The summed E-state index contributed by atoms with van der Waals surface area (Å²) in [4.78, 5) is 20.2. The molecule has 0 spiro atoms. The van der Waals surface area contributed by atoms with Crippen LogP contribution in [0, 0.1) is 13.8 Å². The molecule has 22 heavy (non-hydrogen) atoms. The average molecular weight is 335 g/mol. The van der Waals surface area contributed by atoms with Gasteiger partial charge in [-0.25, -0.2) is 4.98 Å². The van der Waals surface area contributed by atoms with Crippen molar-refractivity contribution in [3.63, 3.8) is 0 Å². The molecular weight excluding hydrogens is 314 g/mol. The fraction of sp³-hybridized carbons (Fsp3) is 0.500. The molecule has 0 bridgehead atoms. The summed E-state index contributed by atoms with van der Waals surface area (Å²) in [6.07, 6.45) is 0.921. The van der Waals surface area contributed by atoms with E-state index in [1.54, 1.807) is 18.3 Å². The lowest BCUT2D eigenvalue weighted by Gasteiger charge is -2.28. The largest absolute Gasteiger partial charge is 0.343 e. The summed E-state index contributed by atoms with van der Waals surface area (Å²) in [5.41, 5.74) is 2.06. The van der Waals surface area contributed by atoms with Crippen LogP contribution >= 0.6 is 22.7 Å². The third kappa shape index (κ3) is 3.09. The average Bonchev–Trinajstić information content (AvgIpc) is 3.13. The van der Waals surface area contributed by atoms with E-state index in [-0.39, 0.29) is 11.4 Å². The Labute approximate surface area is 139 Å². The number of hydrogen-bond acceptors (Lipinski definition) is 5. The van der Waals surface area contributed by atoms with Crippen molar-refractivity contribution < 1.29 is 4.79 Å². The van der Waals surface area contributed by atoms with Gasteiger partial charge in [0.25, 0.3) is 0 Å². The first kappa shape index (κ1) is 15.6. The molecule has 0 radical (unpaired) electrons. The van der Waals surface area contributed by atoms with Crippen LogP contribution in [0.3, 0.4) is 0 Å². The predicted octanol–water partition coefficient (Wildman–Crippen LogP) is 3.06. The van der Waals surface area contributed by atoms with Crippen molar-refractivity contribution >= 4 is 28.6 Å². The molecule has 0 saturated carbocycles. The van der Waals surface area contributed by atoms with E-state index < -0.39 is 0 Å². The number of carbonyl (C=O) groups excluding carboxylic acids is 1. The zero-order valence-corrected chi connectivity index (χ0v) is 14.8.